The molecular weight excluding hydrogens is 340 g/mol. The summed E-state index contributed by atoms with van der Waals surface area (Å²) < 4.78 is 10.5. The summed E-state index contributed by atoms with van der Waals surface area (Å²) in [6, 6.07) is 22.8. The molecule has 3 aromatic carbocycles. The van der Waals surface area contributed by atoms with Crippen molar-refractivity contribution in [2.45, 2.75) is 6.17 Å². The quantitative estimate of drug-likeness (QED) is 0.746. The van der Waals surface area contributed by atoms with Crippen LogP contribution in [-0.2, 0) is 0 Å². The Bertz CT molecular complexity index is 952. The Morgan fingerprint density at radius 1 is 0.815 bits per heavy atom. The number of rotatable bonds is 4. The third-order valence-electron chi connectivity index (χ3n) is 4.71. The minimum Gasteiger partial charge on any atom is -0.497 e. The fraction of sp³-hybridized carbons (Fsp3) is 0.136. The first-order valence-corrected chi connectivity index (χ1v) is 8.68. The Kier molecular flexibility index (Phi) is 4.42. The van der Waals surface area contributed by atoms with Crippen molar-refractivity contribution in [3.63, 3.8) is 0 Å². The smallest absolute Gasteiger partial charge is 0.262 e. The van der Waals surface area contributed by atoms with Gasteiger partial charge in [-0.1, -0.05) is 24.3 Å². The minimum absolute atomic E-state index is 0.0460. The van der Waals surface area contributed by atoms with Crippen LogP contribution in [0, 0.1) is 0 Å². The van der Waals surface area contributed by atoms with Crippen LogP contribution >= 0.6 is 0 Å². The first-order chi connectivity index (χ1) is 13.2. The van der Waals surface area contributed by atoms with E-state index < -0.39 is 0 Å². The number of amides is 1. The van der Waals surface area contributed by atoms with Gasteiger partial charge in [-0.05, 0) is 54.1 Å². The number of anilines is 2. The summed E-state index contributed by atoms with van der Waals surface area (Å²) in [6.07, 6.45) is -0.327. The van der Waals surface area contributed by atoms with E-state index in [1.54, 1.807) is 19.1 Å². The van der Waals surface area contributed by atoms with Crippen LogP contribution in [0.25, 0.3) is 0 Å². The number of hydrogen-bond acceptors (Lipinski definition) is 4. The van der Waals surface area contributed by atoms with Gasteiger partial charge in [-0.3, -0.25) is 9.69 Å². The molecule has 1 atom stereocenters. The van der Waals surface area contributed by atoms with E-state index in [1.807, 2.05) is 72.8 Å². The molecule has 0 saturated carbocycles. The number of methoxy groups -OCH3 is 2. The van der Waals surface area contributed by atoms with Gasteiger partial charge < -0.3 is 14.8 Å². The third kappa shape index (κ3) is 3.08. The topological polar surface area (TPSA) is 50.8 Å². The van der Waals surface area contributed by atoms with Crippen molar-refractivity contribution in [1.29, 1.82) is 0 Å². The standard InChI is InChI=1S/C22H20N2O3/c1-26-17-11-7-15(8-12-17)21-23-20-6-4-3-5-19(20)22(25)24(21)16-9-13-18(27-2)14-10-16/h3-14,21,23H,1-2H3/t21-/m0/s1. The number of nitrogens with zero attached hydrogens (tertiary/aromatic N) is 1. The number of ether oxygens (including phenoxy) is 2. The van der Waals surface area contributed by atoms with Crippen LogP contribution in [0.15, 0.2) is 72.8 Å². The van der Waals surface area contributed by atoms with Gasteiger partial charge >= 0.3 is 0 Å². The van der Waals surface area contributed by atoms with Crippen molar-refractivity contribution >= 4 is 17.3 Å². The lowest BCUT2D eigenvalue weighted by Gasteiger charge is -2.38. The molecule has 0 aliphatic carbocycles. The summed E-state index contributed by atoms with van der Waals surface area (Å²) >= 11 is 0. The van der Waals surface area contributed by atoms with Crippen LogP contribution in [0.5, 0.6) is 11.5 Å². The maximum absolute atomic E-state index is 13.3. The fourth-order valence-corrected chi connectivity index (χ4v) is 3.28. The van der Waals surface area contributed by atoms with E-state index in [0.717, 1.165) is 28.4 Å². The molecule has 27 heavy (non-hydrogen) atoms. The Labute approximate surface area is 158 Å². The second kappa shape index (κ2) is 7.03. The molecule has 0 radical (unpaired) electrons. The highest BCUT2D eigenvalue weighted by Crippen LogP contribution is 2.37. The largest absolute Gasteiger partial charge is 0.497 e. The highest BCUT2D eigenvalue weighted by molar-refractivity contribution is 6.12. The number of carbonyl (C=O) groups is 1. The lowest BCUT2D eigenvalue weighted by molar-refractivity contribution is 0.0975. The Balaban J connectivity index is 1.80. The molecule has 3 aromatic rings. The molecule has 0 saturated heterocycles. The summed E-state index contributed by atoms with van der Waals surface area (Å²) in [5.74, 6) is 1.48. The van der Waals surface area contributed by atoms with Crippen molar-refractivity contribution in [1.82, 2.24) is 0 Å². The van der Waals surface area contributed by atoms with Crippen LogP contribution in [0.3, 0.4) is 0 Å². The lowest BCUT2D eigenvalue weighted by atomic mass is 10.0. The van der Waals surface area contributed by atoms with Gasteiger partial charge in [-0.2, -0.15) is 0 Å². The Morgan fingerprint density at radius 2 is 1.41 bits per heavy atom. The first-order valence-electron chi connectivity index (χ1n) is 8.68. The average Bonchev–Trinajstić information content (AvgIpc) is 2.74. The zero-order valence-corrected chi connectivity index (χ0v) is 15.2. The predicted octanol–water partition coefficient (Wildman–Crippen LogP) is 4.47. The molecule has 0 spiro atoms. The second-order valence-electron chi connectivity index (χ2n) is 6.24. The number of para-hydroxylation sites is 1. The molecule has 0 fully saturated rings. The van der Waals surface area contributed by atoms with Crippen molar-refractivity contribution in [3.8, 4) is 11.5 Å². The van der Waals surface area contributed by atoms with E-state index in [0.29, 0.717) is 5.56 Å². The molecule has 1 N–H and O–H groups in total. The van der Waals surface area contributed by atoms with Crippen LogP contribution in [0.2, 0.25) is 0 Å². The van der Waals surface area contributed by atoms with Crippen LogP contribution < -0.4 is 19.7 Å². The molecule has 0 unspecified atom stereocenters. The SMILES string of the molecule is COc1ccc([C@H]2Nc3ccccc3C(=O)N2c2ccc(OC)cc2)cc1. The summed E-state index contributed by atoms with van der Waals surface area (Å²) in [7, 11) is 3.26. The highest BCUT2D eigenvalue weighted by Gasteiger charge is 2.33. The number of carbonyl (C=O) groups excluding carboxylic acids is 1. The fourth-order valence-electron chi connectivity index (χ4n) is 3.28. The summed E-state index contributed by atoms with van der Waals surface area (Å²) in [4.78, 5) is 15.1. The maximum Gasteiger partial charge on any atom is 0.262 e. The van der Waals surface area contributed by atoms with Gasteiger partial charge in [-0.25, -0.2) is 0 Å². The zero-order valence-electron chi connectivity index (χ0n) is 15.2. The van der Waals surface area contributed by atoms with E-state index in [-0.39, 0.29) is 12.1 Å². The number of fused-ring (bicyclic) bond motifs is 1. The summed E-state index contributed by atoms with van der Waals surface area (Å²) in [6.45, 7) is 0. The van der Waals surface area contributed by atoms with Crippen LogP contribution in [0.4, 0.5) is 11.4 Å². The van der Waals surface area contributed by atoms with Crippen LogP contribution in [0.1, 0.15) is 22.1 Å². The maximum atomic E-state index is 13.3. The van der Waals surface area contributed by atoms with E-state index >= 15 is 0 Å². The van der Waals surface area contributed by atoms with Crippen LogP contribution in [-0.4, -0.2) is 20.1 Å². The van der Waals surface area contributed by atoms with Gasteiger partial charge in [0.1, 0.15) is 17.7 Å². The number of nitrogens with one attached hydrogen (secondary N) is 1. The predicted molar refractivity (Wildman–Crippen MR) is 106 cm³/mol. The molecule has 1 amide bonds. The number of benzene rings is 3. The molecule has 4 rings (SSSR count). The average molecular weight is 360 g/mol. The highest BCUT2D eigenvalue weighted by atomic mass is 16.5. The molecule has 0 bridgehead atoms. The molecule has 1 aliphatic rings. The van der Waals surface area contributed by atoms with E-state index in [2.05, 4.69) is 5.32 Å². The number of hydrogen-bond donors (Lipinski definition) is 1. The second-order valence-corrected chi connectivity index (χ2v) is 6.24. The normalized spacial score (nSPS) is 15.7. The Morgan fingerprint density at radius 3 is 2.04 bits per heavy atom. The monoisotopic (exact) mass is 360 g/mol. The van der Waals surface area contributed by atoms with Crippen molar-refractivity contribution < 1.29 is 14.3 Å². The molecule has 5 nitrogen and oxygen atoms in total. The van der Waals surface area contributed by atoms with E-state index in [4.69, 9.17) is 9.47 Å². The summed E-state index contributed by atoms with van der Waals surface area (Å²) in [5, 5.41) is 3.49. The van der Waals surface area contributed by atoms with Gasteiger partial charge in [-0.15, -0.1) is 0 Å². The van der Waals surface area contributed by atoms with E-state index in [1.165, 1.54) is 0 Å². The molecule has 1 heterocycles. The van der Waals surface area contributed by atoms with Gasteiger partial charge in [0, 0.05) is 11.4 Å². The van der Waals surface area contributed by atoms with Gasteiger partial charge in [0.05, 0.1) is 19.8 Å². The van der Waals surface area contributed by atoms with Gasteiger partial charge in [0.2, 0.25) is 0 Å². The zero-order chi connectivity index (χ0) is 18.8. The van der Waals surface area contributed by atoms with Gasteiger partial charge in [0.25, 0.3) is 5.91 Å². The van der Waals surface area contributed by atoms with Crippen molar-refractivity contribution in [3.05, 3.63) is 83.9 Å². The van der Waals surface area contributed by atoms with Gasteiger partial charge in [0.15, 0.2) is 0 Å². The van der Waals surface area contributed by atoms with E-state index in [9.17, 15) is 4.79 Å². The lowest BCUT2D eigenvalue weighted by Crippen LogP contribution is -2.43. The third-order valence-corrected chi connectivity index (χ3v) is 4.71. The molecule has 5 heteroatoms. The van der Waals surface area contributed by atoms with Crippen molar-refractivity contribution in [2.24, 2.45) is 0 Å². The molecule has 136 valence electrons. The first kappa shape index (κ1) is 17.0. The Hall–Kier alpha value is -3.47. The molecular formula is C22H20N2O3. The van der Waals surface area contributed by atoms with Crippen molar-refractivity contribution in [2.75, 3.05) is 24.4 Å². The minimum atomic E-state index is -0.327. The summed E-state index contributed by atoms with van der Waals surface area (Å²) in [5.41, 5.74) is 3.24. The molecule has 1 aliphatic heterocycles. The molecule has 0 aromatic heterocycles.